The van der Waals surface area contributed by atoms with Gasteiger partial charge in [-0.05, 0) is 17.8 Å². The van der Waals surface area contributed by atoms with E-state index in [4.69, 9.17) is 9.47 Å². The number of pyridine rings is 1. The minimum atomic E-state index is -0.717. The molecule has 0 saturated heterocycles. The topological polar surface area (TPSA) is 86.2 Å². The largest absolute Gasteiger partial charge is 0.495 e. The van der Waals surface area contributed by atoms with Crippen molar-refractivity contribution in [3.8, 4) is 11.6 Å². The van der Waals surface area contributed by atoms with Crippen LogP contribution in [-0.4, -0.2) is 35.1 Å². The summed E-state index contributed by atoms with van der Waals surface area (Å²) < 4.78 is 23.6. The fourth-order valence-corrected chi connectivity index (χ4v) is 2.47. The van der Waals surface area contributed by atoms with Crippen LogP contribution in [0.4, 0.5) is 10.2 Å². The monoisotopic (exact) mass is 324 g/mol. The first-order valence-corrected chi connectivity index (χ1v) is 6.92. The first-order valence-electron chi connectivity index (χ1n) is 6.10. The zero-order valence-electron chi connectivity index (χ0n) is 12.1. The van der Waals surface area contributed by atoms with Crippen LogP contribution < -0.4 is 14.8 Å². The van der Waals surface area contributed by atoms with Crippen molar-refractivity contribution >= 4 is 23.5 Å². The van der Waals surface area contributed by atoms with Crippen molar-refractivity contribution in [3.05, 3.63) is 24.3 Å². The molecule has 1 N–H and O–H groups in total. The van der Waals surface area contributed by atoms with E-state index in [1.807, 2.05) is 0 Å². The molecule has 0 radical (unpaired) electrons. The van der Waals surface area contributed by atoms with Gasteiger partial charge in [0.1, 0.15) is 16.5 Å². The van der Waals surface area contributed by atoms with E-state index in [-0.39, 0.29) is 17.5 Å². The molecule has 0 atom stereocenters. The van der Waals surface area contributed by atoms with E-state index in [0.29, 0.717) is 15.9 Å². The number of amides is 1. The quantitative estimate of drug-likeness (QED) is 0.666. The van der Waals surface area contributed by atoms with Gasteiger partial charge in [-0.25, -0.2) is 9.97 Å². The summed E-state index contributed by atoms with van der Waals surface area (Å²) in [4.78, 5) is 23.4. The maximum Gasteiger partial charge on any atom is 0.234 e. The highest BCUT2D eigenvalue weighted by Gasteiger charge is 2.17. The number of carbonyl (C=O) groups excluding carboxylic acids is 1. The van der Waals surface area contributed by atoms with E-state index in [2.05, 4.69) is 20.3 Å². The zero-order chi connectivity index (χ0) is 16.1. The first-order chi connectivity index (χ1) is 10.5. The van der Waals surface area contributed by atoms with Crippen LogP contribution in [-0.2, 0) is 4.79 Å². The summed E-state index contributed by atoms with van der Waals surface area (Å²) in [6, 6.07) is 2.70. The normalized spacial score (nSPS) is 10.2. The number of rotatable bonds is 5. The molecule has 7 nitrogen and oxygen atoms in total. The van der Waals surface area contributed by atoms with Crippen LogP contribution in [0.1, 0.15) is 6.92 Å². The second-order valence-corrected chi connectivity index (χ2v) is 4.97. The van der Waals surface area contributed by atoms with Gasteiger partial charge in [0.25, 0.3) is 0 Å². The van der Waals surface area contributed by atoms with Gasteiger partial charge in [-0.3, -0.25) is 4.79 Å². The molecule has 0 aliphatic heterocycles. The third-order valence-corrected chi connectivity index (χ3v) is 3.38. The Morgan fingerprint density at radius 3 is 2.73 bits per heavy atom. The predicted octanol–water partition coefficient (Wildman–Crippen LogP) is 2.14. The Labute approximate surface area is 130 Å². The van der Waals surface area contributed by atoms with Gasteiger partial charge in [-0.15, -0.1) is 0 Å². The second kappa shape index (κ2) is 7.03. The Hall–Kier alpha value is -2.42. The van der Waals surface area contributed by atoms with Crippen molar-refractivity contribution < 1.29 is 18.7 Å². The molecule has 9 heteroatoms. The molecule has 0 aromatic carbocycles. The van der Waals surface area contributed by atoms with Gasteiger partial charge in [0.05, 0.1) is 14.2 Å². The summed E-state index contributed by atoms with van der Waals surface area (Å²) in [6.07, 6.45) is 1.50. The maximum absolute atomic E-state index is 13.4. The van der Waals surface area contributed by atoms with E-state index in [1.54, 1.807) is 6.07 Å². The van der Waals surface area contributed by atoms with Gasteiger partial charge < -0.3 is 14.8 Å². The highest BCUT2D eigenvalue weighted by atomic mass is 32.2. The van der Waals surface area contributed by atoms with Crippen LogP contribution >= 0.6 is 11.8 Å². The van der Waals surface area contributed by atoms with Gasteiger partial charge in [-0.2, -0.15) is 9.37 Å². The Bertz CT molecular complexity index is 674. The summed E-state index contributed by atoms with van der Waals surface area (Å²) in [5.74, 6) is -0.282. The molecule has 0 unspecified atom stereocenters. The zero-order valence-corrected chi connectivity index (χ0v) is 12.9. The lowest BCUT2D eigenvalue weighted by molar-refractivity contribution is -0.114. The molecule has 2 aromatic heterocycles. The minimum Gasteiger partial charge on any atom is -0.495 e. The van der Waals surface area contributed by atoms with E-state index < -0.39 is 5.95 Å². The molecule has 116 valence electrons. The third kappa shape index (κ3) is 3.82. The number of ether oxygens (including phenoxy) is 2. The van der Waals surface area contributed by atoms with Gasteiger partial charge in [-0.1, -0.05) is 0 Å². The Morgan fingerprint density at radius 1 is 1.32 bits per heavy atom. The number of nitrogens with zero attached hydrogens (tertiary/aromatic N) is 3. The van der Waals surface area contributed by atoms with Crippen LogP contribution in [0.3, 0.4) is 0 Å². The minimum absolute atomic E-state index is 0.0652. The van der Waals surface area contributed by atoms with E-state index in [1.165, 1.54) is 27.3 Å². The Kier molecular flexibility index (Phi) is 5.10. The Balaban J connectivity index is 2.36. The lowest BCUT2D eigenvalue weighted by Crippen LogP contribution is -2.08. The number of hydrogen-bond donors (Lipinski definition) is 1. The highest BCUT2D eigenvalue weighted by molar-refractivity contribution is 7.99. The van der Waals surface area contributed by atoms with Crippen LogP contribution in [0.2, 0.25) is 0 Å². The smallest absolute Gasteiger partial charge is 0.234 e. The summed E-state index contributed by atoms with van der Waals surface area (Å²) >= 11 is 1.09. The first kappa shape index (κ1) is 16.0. The third-order valence-electron chi connectivity index (χ3n) is 2.42. The van der Waals surface area contributed by atoms with Crippen molar-refractivity contribution in [2.75, 3.05) is 19.5 Å². The molecular formula is C13H13FN4O3S. The number of halogens is 1. The molecular weight excluding hydrogens is 311 g/mol. The number of aromatic nitrogens is 3. The fourth-order valence-electron chi connectivity index (χ4n) is 1.57. The van der Waals surface area contributed by atoms with E-state index in [0.717, 1.165) is 17.8 Å². The Morgan fingerprint density at radius 2 is 2.09 bits per heavy atom. The van der Waals surface area contributed by atoms with Crippen LogP contribution in [0.25, 0.3) is 0 Å². The number of hydrogen-bond acceptors (Lipinski definition) is 7. The van der Waals surface area contributed by atoms with Crippen molar-refractivity contribution in [1.29, 1.82) is 0 Å². The van der Waals surface area contributed by atoms with Gasteiger partial charge in [0, 0.05) is 19.2 Å². The molecule has 1 amide bonds. The molecule has 0 aliphatic carbocycles. The van der Waals surface area contributed by atoms with Crippen LogP contribution in [0.15, 0.2) is 28.4 Å². The van der Waals surface area contributed by atoms with E-state index in [9.17, 15) is 9.18 Å². The summed E-state index contributed by atoms with van der Waals surface area (Å²) in [6.45, 7) is 1.38. The molecule has 2 heterocycles. The lowest BCUT2D eigenvalue weighted by Gasteiger charge is -2.11. The van der Waals surface area contributed by atoms with Crippen LogP contribution in [0.5, 0.6) is 11.6 Å². The predicted molar refractivity (Wildman–Crippen MR) is 77.8 cm³/mol. The molecule has 0 aliphatic rings. The maximum atomic E-state index is 13.4. The average molecular weight is 324 g/mol. The van der Waals surface area contributed by atoms with Gasteiger partial charge >= 0.3 is 0 Å². The molecule has 22 heavy (non-hydrogen) atoms. The van der Waals surface area contributed by atoms with Crippen molar-refractivity contribution in [2.45, 2.75) is 17.0 Å². The van der Waals surface area contributed by atoms with Crippen molar-refractivity contribution in [1.82, 2.24) is 15.0 Å². The van der Waals surface area contributed by atoms with Crippen LogP contribution in [0, 0.1) is 5.95 Å². The molecule has 2 rings (SSSR count). The average Bonchev–Trinajstić information content (AvgIpc) is 2.48. The number of carbonyl (C=O) groups is 1. The fraction of sp³-hybridized carbons (Fsp3) is 0.231. The van der Waals surface area contributed by atoms with Gasteiger partial charge in [0.2, 0.25) is 17.7 Å². The summed E-state index contributed by atoms with van der Waals surface area (Å²) in [5, 5.41) is 2.89. The highest BCUT2D eigenvalue weighted by Crippen LogP contribution is 2.39. The summed E-state index contributed by atoms with van der Waals surface area (Å²) in [5.41, 5.74) is 0. The van der Waals surface area contributed by atoms with E-state index >= 15 is 0 Å². The summed E-state index contributed by atoms with van der Waals surface area (Å²) in [7, 11) is 2.78. The van der Waals surface area contributed by atoms with Crippen molar-refractivity contribution in [2.24, 2.45) is 0 Å². The lowest BCUT2D eigenvalue weighted by atomic mass is 10.4. The molecule has 0 bridgehead atoms. The molecule has 0 fully saturated rings. The molecule has 0 spiro atoms. The second-order valence-electron chi connectivity index (χ2n) is 3.99. The SMILES string of the molecule is COc1cc(F)nc(OC)c1Sc1nccc(NC(C)=O)n1. The number of nitrogens with one attached hydrogen (secondary N) is 1. The number of methoxy groups -OCH3 is 2. The molecule has 2 aromatic rings. The van der Waals surface area contributed by atoms with Gasteiger partial charge in [0.15, 0.2) is 5.16 Å². The number of anilines is 1. The standard InChI is InChI=1S/C13H13FN4O3S/c1-7(19)16-10-4-5-15-13(18-10)22-11-8(20-2)6-9(14)17-12(11)21-3/h4-6H,1-3H3,(H,15,16,18,19). The van der Waals surface area contributed by atoms with Crippen molar-refractivity contribution in [3.63, 3.8) is 0 Å². The molecule has 0 saturated carbocycles.